The lowest BCUT2D eigenvalue weighted by Crippen LogP contribution is -2.39. The smallest absolute Gasteiger partial charge is 0.125 e. The summed E-state index contributed by atoms with van der Waals surface area (Å²) in [6.07, 6.45) is 3.10. The van der Waals surface area contributed by atoms with Crippen LogP contribution in [-0.4, -0.2) is 36.2 Å². The van der Waals surface area contributed by atoms with Crippen LogP contribution in [0.15, 0.2) is 18.2 Å². The molecule has 2 aliphatic heterocycles. The van der Waals surface area contributed by atoms with E-state index >= 15 is 0 Å². The Kier molecular flexibility index (Phi) is 2.83. The predicted octanol–water partition coefficient (Wildman–Crippen LogP) is 2.06. The SMILES string of the molecule is COc1ccc(C)cc1C1(O)CCN2CCCC21. The third kappa shape index (κ3) is 1.65. The Morgan fingerprint density at radius 3 is 3.00 bits per heavy atom. The minimum Gasteiger partial charge on any atom is -0.496 e. The van der Waals surface area contributed by atoms with Crippen molar-refractivity contribution in [1.82, 2.24) is 4.90 Å². The first-order chi connectivity index (χ1) is 8.65. The van der Waals surface area contributed by atoms with Crippen LogP contribution in [0.1, 0.15) is 30.4 Å². The molecule has 0 aliphatic carbocycles. The van der Waals surface area contributed by atoms with Crippen molar-refractivity contribution in [2.45, 2.75) is 37.8 Å². The van der Waals surface area contributed by atoms with Crippen LogP contribution in [-0.2, 0) is 5.60 Å². The van der Waals surface area contributed by atoms with E-state index in [1.54, 1.807) is 7.11 Å². The van der Waals surface area contributed by atoms with E-state index in [2.05, 4.69) is 17.9 Å². The Morgan fingerprint density at radius 1 is 1.39 bits per heavy atom. The van der Waals surface area contributed by atoms with Crippen molar-refractivity contribution < 1.29 is 9.84 Å². The minimum absolute atomic E-state index is 0.271. The molecule has 18 heavy (non-hydrogen) atoms. The Hall–Kier alpha value is -1.06. The van der Waals surface area contributed by atoms with Gasteiger partial charge in [0.15, 0.2) is 0 Å². The van der Waals surface area contributed by atoms with E-state index in [1.807, 2.05) is 12.1 Å². The molecule has 98 valence electrons. The molecule has 0 aromatic heterocycles. The maximum Gasteiger partial charge on any atom is 0.125 e. The number of rotatable bonds is 2. The fourth-order valence-electron chi connectivity index (χ4n) is 3.59. The average Bonchev–Trinajstić information content (AvgIpc) is 2.94. The molecule has 3 rings (SSSR count). The number of ether oxygens (including phenoxy) is 1. The summed E-state index contributed by atoms with van der Waals surface area (Å²) in [6, 6.07) is 6.36. The minimum atomic E-state index is -0.728. The quantitative estimate of drug-likeness (QED) is 0.868. The largest absolute Gasteiger partial charge is 0.496 e. The molecular weight excluding hydrogens is 226 g/mol. The summed E-state index contributed by atoms with van der Waals surface area (Å²) < 4.78 is 5.45. The Morgan fingerprint density at radius 2 is 2.22 bits per heavy atom. The van der Waals surface area contributed by atoms with Crippen molar-refractivity contribution in [1.29, 1.82) is 0 Å². The van der Waals surface area contributed by atoms with E-state index in [4.69, 9.17) is 4.74 Å². The summed E-state index contributed by atoms with van der Waals surface area (Å²) in [5.41, 5.74) is 1.42. The molecule has 3 heteroatoms. The number of aryl methyl sites for hydroxylation is 1. The highest BCUT2D eigenvalue weighted by Crippen LogP contribution is 2.45. The molecule has 0 bridgehead atoms. The molecule has 0 radical (unpaired) electrons. The Balaban J connectivity index is 2.05. The number of benzene rings is 1. The third-order valence-corrected chi connectivity index (χ3v) is 4.52. The van der Waals surface area contributed by atoms with Crippen LogP contribution >= 0.6 is 0 Å². The third-order valence-electron chi connectivity index (χ3n) is 4.52. The Labute approximate surface area is 108 Å². The molecule has 1 N–H and O–H groups in total. The van der Waals surface area contributed by atoms with Gasteiger partial charge in [0, 0.05) is 18.2 Å². The molecule has 2 aliphatic rings. The second kappa shape index (κ2) is 4.25. The fraction of sp³-hybridized carbons (Fsp3) is 0.600. The van der Waals surface area contributed by atoms with Crippen LogP contribution in [0.5, 0.6) is 5.75 Å². The fourth-order valence-corrected chi connectivity index (χ4v) is 3.59. The monoisotopic (exact) mass is 247 g/mol. The van der Waals surface area contributed by atoms with Crippen molar-refractivity contribution in [2.24, 2.45) is 0 Å². The lowest BCUT2D eigenvalue weighted by Gasteiger charge is -2.31. The van der Waals surface area contributed by atoms with E-state index in [9.17, 15) is 5.11 Å². The average molecular weight is 247 g/mol. The lowest BCUT2D eigenvalue weighted by molar-refractivity contribution is 0.00732. The highest BCUT2D eigenvalue weighted by Gasteiger charge is 2.50. The molecule has 2 saturated heterocycles. The van der Waals surface area contributed by atoms with Crippen LogP contribution in [0.3, 0.4) is 0 Å². The zero-order valence-electron chi connectivity index (χ0n) is 11.1. The van der Waals surface area contributed by atoms with Crippen LogP contribution in [0, 0.1) is 6.92 Å². The molecule has 0 saturated carbocycles. The van der Waals surface area contributed by atoms with E-state index in [1.165, 1.54) is 12.0 Å². The summed E-state index contributed by atoms with van der Waals surface area (Å²) in [5.74, 6) is 0.817. The molecule has 1 aromatic rings. The number of aliphatic hydroxyl groups is 1. The number of fused-ring (bicyclic) bond motifs is 1. The van der Waals surface area contributed by atoms with Crippen molar-refractivity contribution in [3.05, 3.63) is 29.3 Å². The van der Waals surface area contributed by atoms with E-state index in [0.29, 0.717) is 0 Å². The summed E-state index contributed by atoms with van der Waals surface area (Å²) >= 11 is 0. The van der Waals surface area contributed by atoms with Gasteiger partial charge in [-0.25, -0.2) is 0 Å². The van der Waals surface area contributed by atoms with Gasteiger partial charge >= 0.3 is 0 Å². The standard InChI is InChI=1S/C15H21NO2/c1-11-5-6-13(18-2)12(10-11)15(17)7-9-16-8-3-4-14(15)16/h5-6,10,14,17H,3-4,7-9H2,1-2H3. The molecule has 2 fully saturated rings. The van der Waals surface area contributed by atoms with Gasteiger partial charge in [-0.05, 0) is 44.9 Å². The number of methoxy groups -OCH3 is 1. The van der Waals surface area contributed by atoms with Crippen LogP contribution in [0.4, 0.5) is 0 Å². The second-order valence-corrected chi connectivity index (χ2v) is 5.57. The predicted molar refractivity (Wildman–Crippen MR) is 70.8 cm³/mol. The molecule has 1 aromatic carbocycles. The topological polar surface area (TPSA) is 32.7 Å². The number of hydrogen-bond donors (Lipinski definition) is 1. The van der Waals surface area contributed by atoms with E-state index in [0.717, 1.165) is 37.2 Å². The van der Waals surface area contributed by atoms with Gasteiger partial charge < -0.3 is 9.84 Å². The van der Waals surface area contributed by atoms with Gasteiger partial charge in [0.1, 0.15) is 11.4 Å². The van der Waals surface area contributed by atoms with Crippen LogP contribution in [0.25, 0.3) is 0 Å². The molecule has 2 unspecified atom stereocenters. The van der Waals surface area contributed by atoms with Gasteiger partial charge in [-0.1, -0.05) is 11.6 Å². The van der Waals surface area contributed by atoms with Gasteiger partial charge in [0.25, 0.3) is 0 Å². The molecule has 2 atom stereocenters. The van der Waals surface area contributed by atoms with Crippen molar-refractivity contribution in [3.8, 4) is 5.75 Å². The van der Waals surface area contributed by atoms with Crippen molar-refractivity contribution in [2.75, 3.05) is 20.2 Å². The number of nitrogens with zero attached hydrogens (tertiary/aromatic N) is 1. The zero-order chi connectivity index (χ0) is 12.8. The summed E-state index contributed by atoms with van der Waals surface area (Å²) in [5, 5.41) is 11.1. The molecule has 0 spiro atoms. The van der Waals surface area contributed by atoms with Crippen molar-refractivity contribution in [3.63, 3.8) is 0 Å². The zero-order valence-corrected chi connectivity index (χ0v) is 11.1. The number of hydrogen-bond acceptors (Lipinski definition) is 3. The van der Waals surface area contributed by atoms with Gasteiger partial charge in [0.05, 0.1) is 7.11 Å². The normalized spacial score (nSPS) is 31.6. The van der Waals surface area contributed by atoms with Gasteiger partial charge in [-0.2, -0.15) is 0 Å². The Bertz CT molecular complexity index is 460. The first-order valence-corrected chi connectivity index (χ1v) is 6.77. The summed E-state index contributed by atoms with van der Waals surface area (Å²) in [7, 11) is 1.68. The molecule has 0 amide bonds. The van der Waals surface area contributed by atoms with Gasteiger partial charge in [-0.15, -0.1) is 0 Å². The highest BCUT2D eigenvalue weighted by molar-refractivity contribution is 5.43. The first-order valence-electron chi connectivity index (χ1n) is 6.77. The highest BCUT2D eigenvalue weighted by atomic mass is 16.5. The maximum absolute atomic E-state index is 11.1. The molecule has 2 heterocycles. The van der Waals surface area contributed by atoms with E-state index < -0.39 is 5.60 Å². The van der Waals surface area contributed by atoms with Crippen molar-refractivity contribution >= 4 is 0 Å². The lowest BCUT2D eigenvalue weighted by atomic mass is 9.84. The van der Waals surface area contributed by atoms with E-state index in [-0.39, 0.29) is 6.04 Å². The van der Waals surface area contributed by atoms with Crippen LogP contribution < -0.4 is 4.74 Å². The summed E-state index contributed by atoms with van der Waals surface area (Å²) in [4.78, 5) is 2.42. The molecular formula is C15H21NO2. The summed E-state index contributed by atoms with van der Waals surface area (Å²) in [6.45, 7) is 4.19. The van der Waals surface area contributed by atoms with Crippen LogP contribution in [0.2, 0.25) is 0 Å². The maximum atomic E-state index is 11.1. The second-order valence-electron chi connectivity index (χ2n) is 5.57. The molecule has 3 nitrogen and oxygen atoms in total. The van der Waals surface area contributed by atoms with Gasteiger partial charge in [0.2, 0.25) is 0 Å². The first kappa shape index (κ1) is 12.0. The van der Waals surface area contributed by atoms with Gasteiger partial charge in [-0.3, -0.25) is 4.90 Å².